The second kappa shape index (κ2) is 8.54. The van der Waals surface area contributed by atoms with Crippen LogP contribution in [0.5, 0.6) is 0 Å². The molecule has 0 radical (unpaired) electrons. The minimum absolute atomic E-state index is 0.365. The number of nitrogens with zero attached hydrogens (tertiary/aromatic N) is 3. The molecule has 2 amide bonds. The molecule has 0 N–H and O–H groups in total. The fourth-order valence-electron chi connectivity index (χ4n) is 4.44. The first-order valence-corrected chi connectivity index (χ1v) is 11.0. The van der Waals surface area contributed by atoms with Crippen LogP contribution in [0, 0.1) is 12.7 Å². The number of carbonyl (C=O) groups is 2. The molecule has 0 unspecified atom stereocenters. The van der Waals surface area contributed by atoms with Crippen molar-refractivity contribution in [3.8, 4) is 0 Å². The van der Waals surface area contributed by atoms with Crippen LogP contribution in [0.4, 0.5) is 15.8 Å². The number of halogens is 1. The van der Waals surface area contributed by atoms with E-state index in [-0.39, 0.29) is 11.8 Å². The molecule has 3 aromatic rings. The number of anilines is 2. The van der Waals surface area contributed by atoms with E-state index in [0.29, 0.717) is 35.6 Å². The molecule has 33 heavy (non-hydrogen) atoms. The molecule has 6 heteroatoms. The molecule has 2 aliphatic rings. The minimum atomic E-state index is -0.415. The van der Waals surface area contributed by atoms with Crippen molar-refractivity contribution >= 4 is 28.8 Å². The molecule has 2 heterocycles. The van der Waals surface area contributed by atoms with Gasteiger partial charge in [0.25, 0.3) is 11.8 Å². The van der Waals surface area contributed by atoms with Crippen LogP contribution in [0.25, 0.3) is 5.57 Å². The number of hydrogen-bond acceptors (Lipinski definition) is 4. The summed E-state index contributed by atoms with van der Waals surface area (Å²) in [6.45, 7) is 4.71. The number of piperazine rings is 1. The molecule has 1 fully saturated rings. The Morgan fingerprint density at radius 1 is 0.667 bits per heavy atom. The van der Waals surface area contributed by atoms with Crippen LogP contribution in [0.1, 0.15) is 11.1 Å². The fourth-order valence-corrected chi connectivity index (χ4v) is 4.44. The van der Waals surface area contributed by atoms with Crippen LogP contribution >= 0.6 is 0 Å². The van der Waals surface area contributed by atoms with Crippen molar-refractivity contribution < 1.29 is 14.0 Å². The number of aryl methyl sites for hydroxylation is 1. The van der Waals surface area contributed by atoms with Crippen LogP contribution in [0.3, 0.4) is 0 Å². The maximum atomic E-state index is 13.6. The molecular formula is C27H24FN3O2. The Kier molecular flexibility index (Phi) is 5.42. The number of para-hydroxylation sites is 1. The number of carbonyl (C=O) groups excluding carboxylic acids is 2. The smallest absolute Gasteiger partial charge is 0.282 e. The minimum Gasteiger partial charge on any atom is -0.368 e. The average molecular weight is 442 g/mol. The highest BCUT2D eigenvalue weighted by Crippen LogP contribution is 2.35. The van der Waals surface area contributed by atoms with Crippen LogP contribution in [-0.4, -0.2) is 42.9 Å². The Labute approximate surface area is 192 Å². The molecule has 0 spiro atoms. The monoisotopic (exact) mass is 441 g/mol. The van der Waals surface area contributed by atoms with Crippen molar-refractivity contribution in [2.75, 3.05) is 36.0 Å². The molecule has 0 bridgehead atoms. The number of rotatable bonds is 4. The second-order valence-corrected chi connectivity index (χ2v) is 8.32. The lowest BCUT2D eigenvalue weighted by Gasteiger charge is -2.37. The van der Waals surface area contributed by atoms with E-state index in [2.05, 4.69) is 17.0 Å². The molecule has 0 atom stereocenters. The standard InChI is InChI=1S/C27H24FN3O2/c1-19-7-9-20(10-8-19)24-25(27(33)31(26(24)32)23-13-11-21(28)12-14-23)30-17-15-29(16-18-30)22-5-3-2-4-6-22/h2-14H,15-18H2,1H3. The van der Waals surface area contributed by atoms with Crippen molar-refractivity contribution in [3.05, 3.63) is 102 Å². The van der Waals surface area contributed by atoms with Crippen LogP contribution in [0.15, 0.2) is 84.6 Å². The Hall–Kier alpha value is -3.93. The molecule has 3 aromatic carbocycles. The van der Waals surface area contributed by atoms with Crippen LogP contribution in [-0.2, 0) is 9.59 Å². The summed E-state index contributed by atoms with van der Waals surface area (Å²) in [4.78, 5) is 32.6. The molecule has 166 valence electrons. The van der Waals surface area contributed by atoms with E-state index in [0.717, 1.165) is 29.2 Å². The summed E-state index contributed by atoms with van der Waals surface area (Å²) in [5, 5.41) is 0. The lowest BCUT2D eigenvalue weighted by molar-refractivity contribution is -0.120. The molecule has 0 saturated carbocycles. The summed E-state index contributed by atoms with van der Waals surface area (Å²) in [5.41, 5.74) is 4.12. The van der Waals surface area contributed by atoms with Crippen molar-refractivity contribution in [1.29, 1.82) is 0 Å². The highest BCUT2D eigenvalue weighted by atomic mass is 19.1. The summed E-state index contributed by atoms with van der Waals surface area (Å²) >= 11 is 0. The first-order valence-electron chi connectivity index (χ1n) is 11.0. The van der Waals surface area contributed by atoms with Gasteiger partial charge in [0.05, 0.1) is 11.3 Å². The molecule has 0 aromatic heterocycles. The van der Waals surface area contributed by atoms with Gasteiger partial charge in [0.15, 0.2) is 0 Å². The Bertz CT molecular complexity index is 1210. The third kappa shape index (κ3) is 3.89. The fraction of sp³-hybridized carbons (Fsp3) is 0.185. The SMILES string of the molecule is Cc1ccc(C2=C(N3CCN(c4ccccc4)CC3)C(=O)N(c3ccc(F)cc3)C2=O)cc1. The molecular weight excluding hydrogens is 417 g/mol. The normalized spacial score (nSPS) is 16.7. The third-order valence-electron chi connectivity index (χ3n) is 6.20. The van der Waals surface area contributed by atoms with E-state index in [9.17, 15) is 14.0 Å². The Morgan fingerprint density at radius 2 is 1.27 bits per heavy atom. The van der Waals surface area contributed by atoms with E-state index in [1.165, 1.54) is 24.3 Å². The predicted molar refractivity (Wildman–Crippen MR) is 127 cm³/mol. The third-order valence-corrected chi connectivity index (χ3v) is 6.20. The van der Waals surface area contributed by atoms with Crippen molar-refractivity contribution in [3.63, 3.8) is 0 Å². The van der Waals surface area contributed by atoms with Gasteiger partial charge in [-0.1, -0.05) is 48.0 Å². The first-order chi connectivity index (χ1) is 16.0. The summed E-state index contributed by atoms with van der Waals surface area (Å²) in [6, 6.07) is 23.3. The van der Waals surface area contributed by atoms with Gasteiger partial charge in [-0.3, -0.25) is 9.59 Å². The average Bonchev–Trinajstić information content (AvgIpc) is 3.11. The van der Waals surface area contributed by atoms with Crippen LogP contribution in [0.2, 0.25) is 0 Å². The highest BCUT2D eigenvalue weighted by molar-refractivity contribution is 6.45. The molecule has 2 aliphatic heterocycles. The van der Waals surface area contributed by atoms with Gasteiger partial charge >= 0.3 is 0 Å². The summed E-state index contributed by atoms with van der Waals surface area (Å²) in [5.74, 6) is -1.16. The first kappa shape index (κ1) is 20.9. The molecule has 1 saturated heterocycles. The molecule has 5 nitrogen and oxygen atoms in total. The topological polar surface area (TPSA) is 43.9 Å². The second-order valence-electron chi connectivity index (χ2n) is 8.32. The summed E-state index contributed by atoms with van der Waals surface area (Å²) in [6.07, 6.45) is 0. The zero-order chi connectivity index (χ0) is 22.9. The van der Waals surface area contributed by atoms with E-state index in [1.54, 1.807) is 0 Å². The van der Waals surface area contributed by atoms with Gasteiger partial charge in [0.1, 0.15) is 11.5 Å². The van der Waals surface area contributed by atoms with Gasteiger partial charge in [0, 0.05) is 31.9 Å². The quantitative estimate of drug-likeness (QED) is 0.568. The van der Waals surface area contributed by atoms with Gasteiger partial charge < -0.3 is 9.80 Å². The van der Waals surface area contributed by atoms with Crippen LogP contribution < -0.4 is 9.80 Å². The highest BCUT2D eigenvalue weighted by Gasteiger charge is 2.43. The maximum Gasteiger partial charge on any atom is 0.282 e. The lowest BCUT2D eigenvalue weighted by atomic mass is 10.0. The molecule has 5 rings (SSSR count). The zero-order valence-corrected chi connectivity index (χ0v) is 18.4. The van der Waals surface area contributed by atoms with Gasteiger partial charge in [-0.05, 0) is 48.9 Å². The number of hydrogen-bond donors (Lipinski definition) is 0. The summed E-state index contributed by atoms with van der Waals surface area (Å²) < 4.78 is 13.5. The number of imide groups is 1. The van der Waals surface area contributed by atoms with Gasteiger partial charge in [0.2, 0.25) is 0 Å². The number of amides is 2. The summed E-state index contributed by atoms with van der Waals surface area (Å²) in [7, 11) is 0. The van der Waals surface area contributed by atoms with E-state index >= 15 is 0 Å². The zero-order valence-electron chi connectivity index (χ0n) is 18.4. The van der Waals surface area contributed by atoms with E-state index in [1.807, 2.05) is 54.3 Å². The Morgan fingerprint density at radius 3 is 1.91 bits per heavy atom. The van der Waals surface area contributed by atoms with Gasteiger partial charge in [-0.2, -0.15) is 0 Å². The van der Waals surface area contributed by atoms with Crippen molar-refractivity contribution in [1.82, 2.24) is 4.90 Å². The van der Waals surface area contributed by atoms with E-state index < -0.39 is 5.82 Å². The predicted octanol–water partition coefficient (Wildman–Crippen LogP) is 4.24. The largest absolute Gasteiger partial charge is 0.368 e. The van der Waals surface area contributed by atoms with Crippen molar-refractivity contribution in [2.45, 2.75) is 6.92 Å². The maximum absolute atomic E-state index is 13.6. The lowest BCUT2D eigenvalue weighted by Crippen LogP contribution is -2.47. The number of benzene rings is 3. The van der Waals surface area contributed by atoms with E-state index in [4.69, 9.17) is 0 Å². The van der Waals surface area contributed by atoms with Gasteiger partial charge in [-0.25, -0.2) is 9.29 Å². The Balaban J connectivity index is 1.50. The molecule has 0 aliphatic carbocycles. The van der Waals surface area contributed by atoms with Crippen molar-refractivity contribution in [2.24, 2.45) is 0 Å². The van der Waals surface area contributed by atoms with Gasteiger partial charge in [-0.15, -0.1) is 0 Å².